The number of nitrogen functional groups attached to an aromatic ring is 1. The number of fused-ring (bicyclic) bond motifs is 2. The average molecular weight is 547 g/mol. The van der Waals surface area contributed by atoms with Gasteiger partial charge in [0.15, 0.2) is 5.65 Å². The number of hydrogen-bond acceptors (Lipinski definition) is 9. The summed E-state index contributed by atoms with van der Waals surface area (Å²) in [6.07, 6.45) is 3.69. The number of hydrogen-bond donors (Lipinski definition) is 4. The van der Waals surface area contributed by atoms with Crippen molar-refractivity contribution in [2.24, 2.45) is 5.92 Å². The van der Waals surface area contributed by atoms with Crippen molar-refractivity contribution >= 4 is 35.0 Å². The number of nitrogens with zero attached hydrogens (tertiary/aromatic N) is 4. The molecule has 2 aliphatic rings. The van der Waals surface area contributed by atoms with E-state index in [1.54, 1.807) is 31.2 Å². The number of carbonyl (C=O) groups excluding carboxylic acids is 2. The fraction of sp³-hybridized carbons (Fsp3) is 0.296. The molecule has 40 heavy (non-hydrogen) atoms. The van der Waals surface area contributed by atoms with Crippen molar-refractivity contribution in [2.45, 2.75) is 32.4 Å². The lowest BCUT2D eigenvalue weighted by atomic mass is 10.1. The highest BCUT2D eigenvalue weighted by Gasteiger charge is 2.24. The largest absolute Gasteiger partial charge is 0.473 e. The van der Waals surface area contributed by atoms with Crippen LogP contribution < -0.4 is 26.4 Å². The van der Waals surface area contributed by atoms with Crippen LogP contribution in [0.15, 0.2) is 42.7 Å². The van der Waals surface area contributed by atoms with Gasteiger partial charge >= 0.3 is 6.09 Å². The Balaban J connectivity index is 1.37. The van der Waals surface area contributed by atoms with E-state index in [9.17, 15) is 14.0 Å². The lowest BCUT2D eigenvalue weighted by Crippen LogP contribution is -2.33. The number of amides is 2. The van der Waals surface area contributed by atoms with Crippen LogP contribution >= 0.6 is 0 Å². The zero-order valence-electron chi connectivity index (χ0n) is 21.6. The summed E-state index contributed by atoms with van der Waals surface area (Å²) in [5.74, 6) is 0.351. The van der Waals surface area contributed by atoms with Crippen LogP contribution in [0.25, 0.3) is 16.8 Å². The van der Waals surface area contributed by atoms with E-state index in [4.69, 9.17) is 20.2 Å². The van der Waals surface area contributed by atoms with Gasteiger partial charge in [0, 0.05) is 17.8 Å². The Kier molecular flexibility index (Phi) is 6.54. The minimum Gasteiger partial charge on any atom is -0.473 e. The van der Waals surface area contributed by atoms with Crippen LogP contribution in [-0.2, 0) is 11.3 Å². The zero-order chi connectivity index (χ0) is 27.8. The molecule has 1 aromatic carbocycles. The number of aromatic nitrogens is 4. The van der Waals surface area contributed by atoms with Crippen LogP contribution in [0.5, 0.6) is 5.88 Å². The third kappa shape index (κ3) is 5.17. The first-order valence-electron chi connectivity index (χ1n) is 12.9. The number of ether oxygens (including phenoxy) is 2. The van der Waals surface area contributed by atoms with Crippen molar-refractivity contribution in [3.63, 3.8) is 0 Å². The number of pyridine rings is 1. The van der Waals surface area contributed by atoms with E-state index in [2.05, 4.69) is 26.0 Å². The number of anilines is 3. The number of nitrogens with one attached hydrogen (secondary N) is 3. The fourth-order valence-electron chi connectivity index (χ4n) is 4.38. The summed E-state index contributed by atoms with van der Waals surface area (Å²) in [7, 11) is 0. The second-order valence-corrected chi connectivity index (χ2v) is 9.87. The van der Waals surface area contributed by atoms with Crippen LogP contribution in [0, 0.1) is 11.7 Å². The molecule has 0 spiro atoms. The minimum atomic E-state index is -0.519. The van der Waals surface area contributed by atoms with E-state index in [1.165, 1.54) is 16.8 Å². The molecule has 4 heterocycles. The third-order valence-electron chi connectivity index (χ3n) is 6.70. The maximum atomic E-state index is 14.1. The summed E-state index contributed by atoms with van der Waals surface area (Å²) < 4.78 is 26.7. The van der Waals surface area contributed by atoms with Gasteiger partial charge in [-0.05, 0) is 49.4 Å². The number of carbonyl (C=O) groups is 2. The number of halogens is 1. The van der Waals surface area contributed by atoms with Gasteiger partial charge in [-0.3, -0.25) is 10.1 Å². The van der Waals surface area contributed by atoms with Gasteiger partial charge in [0.1, 0.15) is 29.1 Å². The maximum absolute atomic E-state index is 14.1. The molecule has 1 atom stereocenters. The summed E-state index contributed by atoms with van der Waals surface area (Å²) in [4.78, 5) is 33.9. The van der Waals surface area contributed by atoms with Crippen LogP contribution in [0.3, 0.4) is 0 Å². The summed E-state index contributed by atoms with van der Waals surface area (Å²) in [6, 6.07) is 8.30. The van der Waals surface area contributed by atoms with Gasteiger partial charge in [-0.1, -0.05) is 12.1 Å². The van der Waals surface area contributed by atoms with Crippen LogP contribution in [0.1, 0.15) is 35.7 Å². The molecular formula is C27H27FN8O4. The highest BCUT2D eigenvalue weighted by molar-refractivity contribution is 6.01. The molecular weight excluding hydrogens is 519 g/mol. The molecule has 3 aromatic heterocycles. The predicted octanol–water partition coefficient (Wildman–Crippen LogP) is 3.59. The van der Waals surface area contributed by atoms with Gasteiger partial charge in [-0.15, -0.1) is 0 Å². The molecule has 5 N–H and O–H groups in total. The monoisotopic (exact) mass is 546 g/mol. The molecule has 1 fully saturated rings. The predicted molar refractivity (Wildman–Crippen MR) is 144 cm³/mol. The average Bonchev–Trinajstić information content (AvgIpc) is 3.67. The van der Waals surface area contributed by atoms with Crippen LogP contribution in [0.2, 0.25) is 0 Å². The molecule has 2 amide bonds. The maximum Gasteiger partial charge on any atom is 0.411 e. The lowest BCUT2D eigenvalue weighted by molar-refractivity contribution is 0.0932. The Morgan fingerprint density at radius 2 is 2.05 bits per heavy atom. The molecule has 13 heteroatoms. The highest BCUT2D eigenvalue weighted by atomic mass is 19.1. The number of nitrogens with two attached hydrogens (primary N) is 1. The van der Waals surface area contributed by atoms with Gasteiger partial charge in [0.05, 0.1) is 31.1 Å². The van der Waals surface area contributed by atoms with E-state index < -0.39 is 23.9 Å². The van der Waals surface area contributed by atoms with E-state index in [1.807, 2.05) is 0 Å². The summed E-state index contributed by atoms with van der Waals surface area (Å²) >= 11 is 0. The zero-order valence-corrected chi connectivity index (χ0v) is 21.6. The SMILES string of the molecule is C[C@H]1CNC(=O)c2cnn3c(N)c(-c4ccc(NC(=O)OCC5CC5)cc4)c(nc23)NCc2cc(F)cnc2O1. The quantitative estimate of drug-likeness (QED) is 0.300. The second kappa shape index (κ2) is 10.3. The van der Waals surface area contributed by atoms with Gasteiger partial charge in [-0.25, -0.2) is 19.2 Å². The first-order chi connectivity index (χ1) is 19.4. The van der Waals surface area contributed by atoms with E-state index in [-0.39, 0.29) is 36.0 Å². The number of rotatable bonds is 4. The molecule has 1 aliphatic heterocycles. The Morgan fingerprint density at radius 1 is 1.25 bits per heavy atom. The summed E-state index contributed by atoms with van der Waals surface area (Å²) in [5, 5.41) is 13.1. The van der Waals surface area contributed by atoms with Gasteiger partial charge in [0.25, 0.3) is 5.91 Å². The first-order valence-corrected chi connectivity index (χ1v) is 12.9. The fourth-order valence-corrected chi connectivity index (χ4v) is 4.38. The Labute approximate surface area is 228 Å². The summed E-state index contributed by atoms with van der Waals surface area (Å²) in [6.45, 7) is 2.48. The van der Waals surface area contributed by atoms with E-state index >= 15 is 0 Å². The molecule has 0 unspecified atom stereocenters. The number of benzene rings is 1. The molecule has 12 nitrogen and oxygen atoms in total. The highest BCUT2D eigenvalue weighted by Crippen LogP contribution is 2.35. The summed E-state index contributed by atoms with van der Waals surface area (Å²) in [5.41, 5.74) is 9.25. The van der Waals surface area contributed by atoms with Crippen molar-refractivity contribution in [1.82, 2.24) is 24.9 Å². The lowest BCUT2D eigenvalue weighted by Gasteiger charge is -2.18. The van der Waals surface area contributed by atoms with Crippen molar-refractivity contribution in [3.8, 4) is 17.0 Å². The molecule has 6 rings (SSSR count). The Morgan fingerprint density at radius 3 is 2.83 bits per heavy atom. The smallest absolute Gasteiger partial charge is 0.411 e. The Hall–Kier alpha value is -4.94. The van der Waals surface area contributed by atoms with Crippen LogP contribution in [0.4, 0.5) is 26.5 Å². The minimum absolute atomic E-state index is 0.111. The van der Waals surface area contributed by atoms with Crippen molar-refractivity contribution in [2.75, 3.05) is 29.5 Å². The van der Waals surface area contributed by atoms with Crippen molar-refractivity contribution < 1.29 is 23.5 Å². The van der Waals surface area contributed by atoms with Gasteiger partial charge < -0.3 is 25.8 Å². The van der Waals surface area contributed by atoms with E-state index in [0.29, 0.717) is 40.7 Å². The first kappa shape index (κ1) is 25.3. The Bertz CT molecular complexity index is 1600. The molecule has 0 radical (unpaired) electrons. The normalized spacial score (nSPS) is 16.9. The van der Waals surface area contributed by atoms with Gasteiger partial charge in [-0.2, -0.15) is 9.61 Å². The molecule has 1 aliphatic carbocycles. The topological polar surface area (TPSA) is 158 Å². The molecule has 4 aromatic rings. The van der Waals surface area contributed by atoms with Gasteiger partial charge in [0.2, 0.25) is 5.88 Å². The van der Waals surface area contributed by atoms with Crippen molar-refractivity contribution in [3.05, 3.63) is 59.7 Å². The molecule has 206 valence electrons. The second-order valence-electron chi connectivity index (χ2n) is 9.87. The molecule has 1 saturated carbocycles. The third-order valence-corrected chi connectivity index (χ3v) is 6.70. The standard InChI is InChI=1S/C27H27FN8O4/c1-14-9-31-25(37)20-12-33-36-22(29)21(16-4-6-19(7-5-16)34-27(38)39-13-15-2-3-15)23(35-24(20)36)30-10-17-8-18(28)11-32-26(17)40-14/h4-8,11-12,14-15H,2-3,9-10,13,29H2,1H3,(H,30,35)(H,31,37)(H,34,38)/t14-/m0/s1. The van der Waals surface area contributed by atoms with E-state index in [0.717, 1.165) is 19.0 Å². The molecule has 2 bridgehead atoms. The molecule has 0 saturated heterocycles. The van der Waals surface area contributed by atoms with Crippen molar-refractivity contribution in [1.29, 1.82) is 0 Å². The van der Waals surface area contributed by atoms with Crippen LogP contribution in [-0.4, -0.2) is 50.8 Å².